The Morgan fingerprint density at radius 2 is 2.19 bits per heavy atom. The van der Waals surface area contributed by atoms with E-state index in [1.165, 1.54) is 0 Å². The molecule has 21 heavy (non-hydrogen) atoms. The number of pyridine rings is 1. The fourth-order valence-electron chi connectivity index (χ4n) is 2.62. The first kappa shape index (κ1) is 14.0. The number of aromatic nitrogens is 2. The summed E-state index contributed by atoms with van der Waals surface area (Å²) in [5.74, 6) is 5.82. The van der Waals surface area contributed by atoms with E-state index in [-0.39, 0.29) is 6.61 Å². The fraction of sp³-hybridized carbons (Fsp3) is 0.400. The largest absolute Gasteiger partial charge is 0.394 e. The topological polar surface area (TPSA) is 87.7 Å². The van der Waals surface area contributed by atoms with Crippen LogP contribution in [0.5, 0.6) is 0 Å². The molecule has 1 fully saturated rings. The molecule has 0 aromatic carbocycles. The van der Waals surface area contributed by atoms with E-state index in [2.05, 4.69) is 16.8 Å². The van der Waals surface area contributed by atoms with Gasteiger partial charge in [0.05, 0.1) is 12.2 Å². The Kier molecular flexibility index (Phi) is 3.66. The maximum absolute atomic E-state index is 10.1. The van der Waals surface area contributed by atoms with Gasteiger partial charge in [-0.3, -0.25) is 0 Å². The summed E-state index contributed by atoms with van der Waals surface area (Å²) in [7, 11) is 0. The van der Waals surface area contributed by atoms with Crippen LogP contribution in [0.4, 0.5) is 0 Å². The average molecular weight is 288 g/mol. The molecule has 6 heteroatoms. The van der Waals surface area contributed by atoms with Crippen molar-refractivity contribution < 1.29 is 20.1 Å². The van der Waals surface area contributed by atoms with Crippen molar-refractivity contribution >= 4 is 11.0 Å². The predicted molar refractivity (Wildman–Crippen MR) is 75.3 cm³/mol. The van der Waals surface area contributed by atoms with Crippen molar-refractivity contribution in [1.29, 1.82) is 0 Å². The average Bonchev–Trinajstić information content (AvgIpc) is 3.00. The molecule has 6 nitrogen and oxygen atoms in total. The monoisotopic (exact) mass is 288 g/mol. The number of fused-ring (bicyclic) bond motifs is 1. The molecule has 1 aliphatic rings. The third-order valence-corrected chi connectivity index (χ3v) is 3.64. The minimum absolute atomic E-state index is 0.358. The Balaban J connectivity index is 2.10. The summed E-state index contributed by atoms with van der Waals surface area (Å²) in [5.41, 5.74) is 1.39. The maximum atomic E-state index is 10.1. The van der Waals surface area contributed by atoms with Gasteiger partial charge >= 0.3 is 0 Å². The Labute approximate surface area is 121 Å². The Hall–Kier alpha value is -1.91. The second-order valence-electron chi connectivity index (χ2n) is 4.93. The van der Waals surface area contributed by atoms with Gasteiger partial charge in [0.1, 0.15) is 24.0 Å². The van der Waals surface area contributed by atoms with Gasteiger partial charge in [0.15, 0.2) is 6.23 Å². The van der Waals surface area contributed by atoms with Crippen molar-refractivity contribution in [3.63, 3.8) is 0 Å². The molecule has 0 bridgehead atoms. The van der Waals surface area contributed by atoms with E-state index in [1.807, 2.05) is 12.1 Å². The van der Waals surface area contributed by atoms with Crippen LogP contribution in [-0.2, 0) is 4.74 Å². The van der Waals surface area contributed by atoms with Crippen LogP contribution >= 0.6 is 0 Å². The van der Waals surface area contributed by atoms with Crippen molar-refractivity contribution in [3.8, 4) is 11.8 Å². The zero-order valence-electron chi connectivity index (χ0n) is 11.5. The molecule has 0 spiro atoms. The predicted octanol–water partition coefficient (Wildman–Crippen LogP) is 0.0192. The van der Waals surface area contributed by atoms with Crippen molar-refractivity contribution in [2.75, 3.05) is 6.61 Å². The highest BCUT2D eigenvalue weighted by Crippen LogP contribution is 2.33. The number of hydrogen-bond acceptors (Lipinski definition) is 5. The number of aliphatic hydroxyl groups excluding tert-OH is 3. The van der Waals surface area contributed by atoms with Crippen molar-refractivity contribution in [1.82, 2.24) is 9.55 Å². The van der Waals surface area contributed by atoms with Crippen LogP contribution < -0.4 is 0 Å². The van der Waals surface area contributed by atoms with E-state index in [9.17, 15) is 15.3 Å². The van der Waals surface area contributed by atoms with E-state index < -0.39 is 24.5 Å². The van der Waals surface area contributed by atoms with Gasteiger partial charge in [-0.1, -0.05) is 5.92 Å². The molecule has 1 unspecified atom stereocenters. The molecule has 2 aromatic rings. The van der Waals surface area contributed by atoms with Crippen LogP contribution in [0.2, 0.25) is 0 Å². The normalized spacial score (nSPS) is 28.6. The summed E-state index contributed by atoms with van der Waals surface area (Å²) in [5, 5.41) is 30.0. The SMILES string of the molecule is CC#Cc1cn(C2O[C@H](CO)[C@@H](O)[C@H]2O)c2ncccc12. The molecular weight excluding hydrogens is 272 g/mol. The first-order valence-electron chi connectivity index (χ1n) is 6.68. The quantitative estimate of drug-likeness (QED) is 0.678. The zero-order chi connectivity index (χ0) is 15.0. The van der Waals surface area contributed by atoms with Gasteiger partial charge in [0, 0.05) is 17.8 Å². The Morgan fingerprint density at radius 1 is 1.38 bits per heavy atom. The van der Waals surface area contributed by atoms with Gasteiger partial charge in [0.2, 0.25) is 0 Å². The van der Waals surface area contributed by atoms with Crippen LogP contribution in [-0.4, -0.2) is 49.8 Å². The van der Waals surface area contributed by atoms with Gasteiger partial charge < -0.3 is 24.6 Å². The van der Waals surface area contributed by atoms with Gasteiger partial charge in [-0.2, -0.15) is 0 Å². The third-order valence-electron chi connectivity index (χ3n) is 3.64. The Bertz CT molecular complexity index is 715. The van der Waals surface area contributed by atoms with Crippen LogP contribution in [0.25, 0.3) is 11.0 Å². The smallest absolute Gasteiger partial charge is 0.164 e. The van der Waals surface area contributed by atoms with Gasteiger partial charge in [-0.05, 0) is 19.1 Å². The summed E-state index contributed by atoms with van der Waals surface area (Å²) in [6.07, 6.45) is -0.504. The molecule has 3 rings (SSSR count). The lowest BCUT2D eigenvalue weighted by Gasteiger charge is -2.17. The molecular formula is C15H16N2O4. The van der Waals surface area contributed by atoms with Crippen LogP contribution in [0.1, 0.15) is 18.7 Å². The maximum Gasteiger partial charge on any atom is 0.164 e. The van der Waals surface area contributed by atoms with Crippen LogP contribution in [0.15, 0.2) is 24.5 Å². The van der Waals surface area contributed by atoms with Crippen molar-refractivity contribution in [2.45, 2.75) is 31.5 Å². The Morgan fingerprint density at radius 3 is 2.86 bits per heavy atom. The first-order valence-corrected chi connectivity index (χ1v) is 6.68. The second-order valence-corrected chi connectivity index (χ2v) is 4.93. The van der Waals surface area contributed by atoms with Gasteiger partial charge in [-0.15, -0.1) is 5.92 Å². The summed E-state index contributed by atoms with van der Waals surface area (Å²) >= 11 is 0. The second kappa shape index (κ2) is 5.47. The molecule has 0 saturated carbocycles. The highest BCUT2D eigenvalue weighted by molar-refractivity contribution is 5.83. The number of aliphatic hydroxyl groups is 3. The summed E-state index contributed by atoms with van der Waals surface area (Å²) in [6.45, 7) is 1.38. The van der Waals surface area contributed by atoms with Crippen LogP contribution in [0, 0.1) is 11.8 Å². The van der Waals surface area contributed by atoms with Crippen molar-refractivity contribution in [2.24, 2.45) is 0 Å². The molecule has 4 atom stereocenters. The van der Waals surface area contributed by atoms with E-state index >= 15 is 0 Å². The molecule has 1 saturated heterocycles. The summed E-state index contributed by atoms with van der Waals surface area (Å²) < 4.78 is 7.20. The summed E-state index contributed by atoms with van der Waals surface area (Å²) in [4.78, 5) is 4.30. The number of ether oxygens (including phenoxy) is 1. The van der Waals surface area contributed by atoms with Gasteiger partial charge in [0.25, 0.3) is 0 Å². The minimum Gasteiger partial charge on any atom is -0.394 e. The molecule has 110 valence electrons. The molecule has 3 N–H and O–H groups in total. The van der Waals surface area contributed by atoms with E-state index in [4.69, 9.17) is 4.74 Å². The molecule has 2 aromatic heterocycles. The number of rotatable bonds is 2. The zero-order valence-corrected chi connectivity index (χ0v) is 11.5. The molecule has 0 aliphatic carbocycles. The number of hydrogen-bond donors (Lipinski definition) is 3. The first-order chi connectivity index (χ1) is 10.2. The lowest BCUT2D eigenvalue weighted by molar-refractivity contribution is -0.0508. The van der Waals surface area contributed by atoms with Crippen LogP contribution in [0.3, 0.4) is 0 Å². The van der Waals surface area contributed by atoms with E-state index in [0.717, 1.165) is 10.9 Å². The fourth-order valence-corrected chi connectivity index (χ4v) is 2.62. The molecule has 0 amide bonds. The van der Waals surface area contributed by atoms with E-state index in [1.54, 1.807) is 23.9 Å². The lowest BCUT2D eigenvalue weighted by Crippen LogP contribution is -2.33. The third kappa shape index (κ3) is 2.20. The van der Waals surface area contributed by atoms with E-state index in [0.29, 0.717) is 5.65 Å². The standard InChI is InChI=1S/C15H16N2O4/c1-2-4-9-7-17(14-10(9)5-3-6-16-14)15-13(20)12(19)11(8-18)21-15/h3,5-7,11-13,15,18-20H,8H2,1H3/t11-,12-,13-,15?/m1/s1. The molecule has 0 radical (unpaired) electrons. The van der Waals surface area contributed by atoms with Gasteiger partial charge in [-0.25, -0.2) is 4.98 Å². The lowest BCUT2D eigenvalue weighted by atomic mass is 10.1. The minimum atomic E-state index is -1.14. The molecule has 1 aliphatic heterocycles. The van der Waals surface area contributed by atoms with Crippen molar-refractivity contribution in [3.05, 3.63) is 30.1 Å². The highest BCUT2D eigenvalue weighted by Gasteiger charge is 2.43. The molecule has 3 heterocycles. The highest BCUT2D eigenvalue weighted by atomic mass is 16.6. The summed E-state index contributed by atoms with van der Waals surface area (Å²) in [6, 6.07) is 3.70. The number of nitrogens with zero attached hydrogens (tertiary/aromatic N) is 2.